The van der Waals surface area contributed by atoms with Gasteiger partial charge >= 0.3 is 0 Å². The van der Waals surface area contributed by atoms with Gasteiger partial charge in [0.15, 0.2) is 0 Å². The van der Waals surface area contributed by atoms with E-state index in [0.717, 1.165) is 31.8 Å². The van der Waals surface area contributed by atoms with E-state index in [9.17, 15) is 4.39 Å². The summed E-state index contributed by atoms with van der Waals surface area (Å²) >= 11 is 0. The van der Waals surface area contributed by atoms with Crippen molar-refractivity contribution in [1.29, 1.82) is 0 Å². The van der Waals surface area contributed by atoms with Gasteiger partial charge in [0.05, 0.1) is 0 Å². The van der Waals surface area contributed by atoms with Gasteiger partial charge in [0, 0.05) is 25.2 Å². The quantitative estimate of drug-likeness (QED) is 0.922. The molecule has 2 aliphatic rings. The molecule has 0 spiro atoms. The molecule has 1 aliphatic heterocycles. The molecular formula is C18H27FN2. The van der Waals surface area contributed by atoms with Crippen molar-refractivity contribution in [2.24, 2.45) is 17.6 Å². The van der Waals surface area contributed by atoms with Crippen LogP contribution in [0.1, 0.15) is 38.2 Å². The van der Waals surface area contributed by atoms with E-state index in [1.807, 2.05) is 12.1 Å². The lowest BCUT2D eigenvalue weighted by Gasteiger charge is -2.45. The van der Waals surface area contributed by atoms with Gasteiger partial charge in [0.2, 0.25) is 0 Å². The molecule has 116 valence electrons. The van der Waals surface area contributed by atoms with E-state index in [1.165, 1.54) is 24.8 Å². The summed E-state index contributed by atoms with van der Waals surface area (Å²) < 4.78 is 13.0. The van der Waals surface area contributed by atoms with Gasteiger partial charge in [-0.2, -0.15) is 0 Å². The molecule has 0 amide bonds. The van der Waals surface area contributed by atoms with E-state index in [0.29, 0.717) is 12.0 Å². The molecular weight excluding hydrogens is 263 g/mol. The van der Waals surface area contributed by atoms with Gasteiger partial charge in [0.25, 0.3) is 0 Å². The van der Waals surface area contributed by atoms with Crippen molar-refractivity contribution < 1.29 is 4.39 Å². The average molecular weight is 290 g/mol. The van der Waals surface area contributed by atoms with Crippen LogP contribution in [0, 0.1) is 17.7 Å². The lowest BCUT2D eigenvalue weighted by molar-refractivity contribution is 0.0587. The second-order valence-electron chi connectivity index (χ2n) is 7.08. The summed E-state index contributed by atoms with van der Waals surface area (Å²) in [6, 6.07) is 7.90. The van der Waals surface area contributed by atoms with Crippen molar-refractivity contribution in [2.75, 3.05) is 13.1 Å². The molecule has 3 heteroatoms. The zero-order valence-corrected chi connectivity index (χ0v) is 13.0. The normalized spacial score (nSPS) is 29.1. The molecule has 3 unspecified atom stereocenters. The maximum absolute atomic E-state index is 13.0. The third-order valence-electron chi connectivity index (χ3n) is 5.44. The van der Waals surface area contributed by atoms with Crippen molar-refractivity contribution in [3.8, 4) is 0 Å². The van der Waals surface area contributed by atoms with Gasteiger partial charge in [0.1, 0.15) is 5.82 Å². The number of piperidine rings is 1. The van der Waals surface area contributed by atoms with Crippen LogP contribution in [0.25, 0.3) is 0 Å². The maximum Gasteiger partial charge on any atom is 0.123 e. The Bertz CT molecular complexity index is 455. The number of rotatable bonds is 4. The van der Waals surface area contributed by atoms with Crippen molar-refractivity contribution in [3.05, 3.63) is 35.6 Å². The van der Waals surface area contributed by atoms with Crippen molar-refractivity contribution >= 4 is 0 Å². The third kappa shape index (κ3) is 3.64. The van der Waals surface area contributed by atoms with Crippen LogP contribution in [-0.4, -0.2) is 30.1 Å². The molecule has 1 aromatic rings. The monoisotopic (exact) mass is 290 g/mol. The summed E-state index contributed by atoms with van der Waals surface area (Å²) in [5, 5.41) is 0. The second-order valence-corrected chi connectivity index (χ2v) is 7.08. The van der Waals surface area contributed by atoms with Gasteiger partial charge in [-0.05, 0) is 62.1 Å². The first kappa shape index (κ1) is 15.0. The van der Waals surface area contributed by atoms with Crippen LogP contribution in [0.5, 0.6) is 0 Å². The predicted octanol–water partition coefficient (Wildman–Crippen LogP) is 3.21. The minimum absolute atomic E-state index is 0.153. The minimum atomic E-state index is -0.153. The van der Waals surface area contributed by atoms with Crippen LogP contribution >= 0.6 is 0 Å². The second kappa shape index (κ2) is 6.45. The van der Waals surface area contributed by atoms with Crippen molar-refractivity contribution in [2.45, 2.75) is 51.1 Å². The molecule has 2 N–H and O–H groups in total. The number of benzene rings is 1. The molecule has 0 aromatic heterocycles. The molecule has 1 aromatic carbocycles. The van der Waals surface area contributed by atoms with Crippen LogP contribution in [0.15, 0.2) is 24.3 Å². The van der Waals surface area contributed by atoms with Crippen LogP contribution in [-0.2, 0) is 6.42 Å². The molecule has 0 radical (unpaired) electrons. The standard InChI is InChI=1S/C18H27FN2/c1-13(16-3-2-4-16)21-11-15(10-18(20)12-21)9-14-5-7-17(19)8-6-14/h5-8,13,15-16,18H,2-4,9-12,20H2,1H3. The topological polar surface area (TPSA) is 29.3 Å². The fourth-order valence-electron chi connectivity index (χ4n) is 3.94. The number of nitrogens with zero attached hydrogens (tertiary/aromatic N) is 1. The summed E-state index contributed by atoms with van der Waals surface area (Å²) in [6.07, 6.45) is 6.27. The van der Waals surface area contributed by atoms with Crippen molar-refractivity contribution in [3.63, 3.8) is 0 Å². The Morgan fingerprint density at radius 3 is 2.57 bits per heavy atom. The number of halogens is 1. The molecule has 2 nitrogen and oxygen atoms in total. The highest BCUT2D eigenvalue weighted by atomic mass is 19.1. The van der Waals surface area contributed by atoms with Gasteiger partial charge in [-0.1, -0.05) is 18.6 Å². The maximum atomic E-state index is 13.0. The van der Waals surface area contributed by atoms with Crippen molar-refractivity contribution in [1.82, 2.24) is 4.90 Å². The fourth-order valence-corrected chi connectivity index (χ4v) is 3.94. The zero-order valence-electron chi connectivity index (χ0n) is 13.0. The average Bonchev–Trinajstić information content (AvgIpc) is 2.39. The molecule has 2 fully saturated rings. The highest BCUT2D eigenvalue weighted by Gasteiger charge is 2.33. The summed E-state index contributed by atoms with van der Waals surface area (Å²) in [5.41, 5.74) is 7.52. The number of nitrogens with two attached hydrogens (primary N) is 1. The Morgan fingerprint density at radius 2 is 1.95 bits per heavy atom. The van der Waals surface area contributed by atoms with Gasteiger partial charge in [-0.15, -0.1) is 0 Å². The van der Waals surface area contributed by atoms with Gasteiger partial charge in [-0.25, -0.2) is 4.39 Å². The van der Waals surface area contributed by atoms with Crippen LogP contribution in [0.4, 0.5) is 4.39 Å². The highest BCUT2D eigenvalue weighted by molar-refractivity contribution is 5.17. The predicted molar refractivity (Wildman–Crippen MR) is 84.6 cm³/mol. The van der Waals surface area contributed by atoms with E-state index in [4.69, 9.17) is 5.73 Å². The lowest BCUT2D eigenvalue weighted by atomic mass is 9.78. The van der Waals surface area contributed by atoms with Crippen LogP contribution in [0.2, 0.25) is 0 Å². The molecule has 3 rings (SSSR count). The molecule has 1 aliphatic carbocycles. The fraction of sp³-hybridized carbons (Fsp3) is 0.667. The number of hydrogen-bond acceptors (Lipinski definition) is 2. The summed E-state index contributed by atoms with van der Waals surface area (Å²) in [5.74, 6) is 1.32. The first-order valence-corrected chi connectivity index (χ1v) is 8.36. The summed E-state index contributed by atoms with van der Waals surface area (Å²) in [6.45, 7) is 4.55. The van der Waals surface area contributed by atoms with E-state index in [2.05, 4.69) is 11.8 Å². The Kier molecular flexibility index (Phi) is 4.60. The molecule has 1 saturated heterocycles. The smallest absolute Gasteiger partial charge is 0.123 e. The zero-order chi connectivity index (χ0) is 14.8. The Hall–Kier alpha value is -0.930. The number of hydrogen-bond donors (Lipinski definition) is 1. The minimum Gasteiger partial charge on any atom is -0.327 e. The first-order valence-electron chi connectivity index (χ1n) is 8.36. The SMILES string of the molecule is CC(C1CCC1)N1CC(N)CC(Cc2ccc(F)cc2)C1. The Balaban J connectivity index is 1.61. The van der Waals surface area contributed by atoms with E-state index in [-0.39, 0.29) is 11.9 Å². The first-order chi connectivity index (χ1) is 10.1. The molecule has 1 saturated carbocycles. The molecule has 1 heterocycles. The van der Waals surface area contributed by atoms with Gasteiger partial charge < -0.3 is 5.73 Å². The third-order valence-corrected chi connectivity index (χ3v) is 5.44. The Morgan fingerprint density at radius 1 is 1.24 bits per heavy atom. The molecule has 0 bridgehead atoms. The van der Waals surface area contributed by atoms with Crippen LogP contribution < -0.4 is 5.73 Å². The van der Waals surface area contributed by atoms with E-state index >= 15 is 0 Å². The largest absolute Gasteiger partial charge is 0.327 e. The van der Waals surface area contributed by atoms with Crippen LogP contribution in [0.3, 0.4) is 0 Å². The highest BCUT2D eigenvalue weighted by Crippen LogP contribution is 2.34. The number of likely N-dealkylation sites (tertiary alicyclic amines) is 1. The van der Waals surface area contributed by atoms with E-state index in [1.54, 1.807) is 12.1 Å². The summed E-state index contributed by atoms with van der Waals surface area (Å²) in [4.78, 5) is 2.60. The van der Waals surface area contributed by atoms with Gasteiger partial charge in [-0.3, -0.25) is 4.90 Å². The summed E-state index contributed by atoms with van der Waals surface area (Å²) in [7, 11) is 0. The molecule has 21 heavy (non-hydrogen) atoms. The van der Waals surface area contributed by atoms with E-state index < -0.39 is 0 Å². The Labute approximate surface area is 127 Å². The lowest BCUT2D eigenvalue weighted by Crippen LogP contribution is -2.53. The molecule has 3 atom stereocenters.